The van der Waals surface area contributed by atoms with E-state index in [1.54, 1.807) is 0 Å². The highest BCUT2D eigenvalue weighted by Crippen LogP contribution is 2.64. The molecule has 0 fully saturated rings. The van der Waals surface area contributed by atoms with Crippen molar-refractivity contribution in [3.8, 4) is 89.0 Å². The Balaban J connectivity index is 1.06. The molecular formula is C61H40. The van der Waals surface area contributed by atoms with E-state index in [2.05, 4.69) is 243 Å². The lowest BCUT2D eigenvalue weighted by Gasteiger charge is -2.30. The summed E-state index contributed by atoms with van der Waals surface area (Å²) in [5.41, 5.74) is 24.8. The highest BCUT2D eigenvalue weighted by atomic mass is 14.5. The van der Waals surface area contributed by atoms with Crippen molar-refractivity contribution in [1.29, 1.82) is 0 Å². The Morgan fingerprint density at radius 3 is 0.951 bits per heavy atom. The lowest BCUT2D eigenvalue weighted by Crippen LogP contribution is -2.25. The minimum Gasteiger partial charge on any atom is -0.0622 e. The summed E-state index contributed by atoms with van der Waals surface area (Å²) >= 11 is 0. The monoisotopic (exact) mass is 772 g/mol. The summed E-state index contributed by atoms with van der Waals surface area (Å²) in [6.45, 7) is 0. The topological polar surface area (TPSA) is 0 Å². The maximum absolute atomic E-state index is 2.42. The maximum Gasteiger partial charge on any atom is 0.0725 e. The standard InChI is InChI=1S/C61H40/c1-4-18-41(19-5-1)46-35-47(42-20-6-2-7-21-42)37-49(36-46)44-24-16-25-45(34-44)50-38-48(43-22-8-3-9-23-43)39-51(40-50)52-29-17-33-59-60(52)55-28-12-15-32-58(55)61(59)56-30-13-10-26-53(56)54-27-11-14-31-57(54)61/h1-40H. The Bertz CT molecular complexity index is 3180. The van der Waals surface area contributed by atoms with Gasteiger partial charge in [0.2, 0.25) is 0 Å². The molecule has 0 aromatic heterocycles. The Kier molecular flexibility index (Phi) is 8.18. The number of hydrogen-bond donors (Lipinski definition) is 0. The Labute approximate surface area is 357 Å². The summed E-state index contributed by atoms with van der Waals surface area (Å²) in [5, 5.41) is 0. The van der Waals surface area contributed by atoms with Crippen LogP contribution in [0.1, 0.15) is 22.3 Å². The second-order valence-corrected chi connectivity index (χ2v) is 16.4. The summed E-state index contributed by atoms with van der Waals surface area (Å²) in [6.07, 6.45) is 0. The van der Waals surface area contributed by atoms with Crippen LogP contribution in [0.5, 0.6) is 0 Å². The molecule has 0 nitrogen and oxygen atoms in total. The molecule has 10 aromatic carbocycles. The number of benzene rings is 10. The van der Waals surface area contributed by atoms with Gasteiger partial charge in [-0.25, -0.2) is 0 Å². The molecule has 0 saturated heterocycles. The predicted molar refractivity (Wildman–Crippen MR) is 255 cm³/mol. The Morgan fingerprint density at radius 1 is 0.180 bits per heavy atom. The normalized spacial score (nSPS) is 12.7. The van der Waals surface area contributed by atoms with Gasteiger partial charge in [0, 0.05) is 0 Å². The molecule has 1 spiro atoms. The van der Waals surface area contributed by atoms with Crippen LogP contribution >= 0.6 is 0 Å². The van der Waals surface area contributed by atoms with Gasteiger partial charge in [0.05, 0.1) is 5.41 Å². The molecule has 2 aliphatic rings. The van der Waals surface area contributed by atoms with Crippen molar-refractivity contribution in [3.05, 3.63) is 265 Å². The van der Waals surface area contributed by atoms with Gasteiger partial charge in [-0.3, -0.25) is 0 Å². The van der Waals surface area contributed by atoms with Gasteiger partial charge in [-0.2, -0.15) is 0 Å². The first kappa shape index (κ1) is 35.2. The van der Waals surface area contributed by atoms with Crippen LogP contribution < -0.4 is 0 Å². The van der Waals surface area contributed by atoms with Crippen LogP contribution in [0.15, 0.2) is 243 Å². The summed E-state index contributed by atoms with van der Waals surface area (Å²) in [6, 6.07) is 89.8. The van der Waals surface area contributed by atoms with Gasteiger partial charge >= 0.3 is 0 Å². The first-order valence-corrected chi connectivity index (χ1v) is 21.2. The van der Waals surface area contributed by atoms with Crippen molar-refractivity contribution in [3.63, 3.8) is 0 Å². The molecule has 284 valence electrons. The zero-order valence-electron chi connectivity index (χ0n) is 33.6. The predicted octanol–water partition coefficient (Wildman–Crippen LogP) is 16.0. The molecule has 2 aliphatic carbocycles. The summed E-state index contributed by atoms with van der Waals surface area (Å²) < 4.78 is 0. The molecule has 0 unspecified atom stereocenters. The van der Waals surface area contributed by atoms with Crippen LogP contribution in [-0.4, -0.2) is 0 Å². The van der Waals surface area contributed by atoms with Gasteiger partial charge in [0.1, 0.15) is 0 Å². The Morgan fingerprint density at radius 2 is 0.475 bits per heavy atom. The van der Waals surface area contributed by atoms with E-state index in [-0.39, 0.29) is 0 Å². The summed E-state index contributed by atoms with van der Waals surface area (Å²) in [5.74, 6) is 0. The fourth-order valence-electron chi connectivity index (χ4n) is 10.4. The average molecular weight is 773 g/mol. The molecule has 0 heterocycles. The van der Waals surface area contributed by atoms with E-state index in [1.165, 1.54) is 111 Å². The minimum atomic E-state index is -0.393. The van der Waals surface area contributed by atoms with E-state index in [0.717, 1.165) is 0 Å². The van der Waals surface area contributed by atoms with Crippen molar-refractivity contribution < 1.29 is 0 Å². The van der Waals surface area contributed by atoms with Crippen LogP contribution in [0.25, 0.3) is 89.0 Å². The van der Waals surface area contributed by atoms with E-state index in [1.807, 2.05) is 0 Å². The highest BCUT2D eigenvalue weighted by Gasteiger charge is 2.51. The van der Waals surface area contributed by atoms with Gasteiger partial charge in [-0.05, 0) is 154 Å². The highest BCUT2D eigenvalue weighted by molar-refractivity contribution is 6.01. The number of rotatable bonds is 6. The van der Waals surface area contributed by atoms with Crippen LogP contribution in [0.3, 0.4) is 0 Å². The summed E-state index contributed by atoms with van der Waals surface area (Å²) in [4.78, 5) is 0. The van der Waals surface area contributed by atoms with Crippen LogP contribution in [0.4, 0.5) is 0 Å². The molecule has 0 heteroatoms. The zero-order chi connectivity index (χ0) is 40.3. The fourth-order valence-corrected chi connectivity index (χ4v) is 10.4. The molecule has 0 N–H and O–H groups in total. The van der Waals surface area contributed by atoms with Crippen LogP contribution in [-0.2, 0) is 5.41 Å². The van der Waals surface area contributed by atoms with Crippen molar-refractivity contribution in [2.45, 2.75) is 5.41 Å². The van der Waals surface area contributed by atoms with Gasteiger partial charge in [-0.1, -0.05) is 200 Å². The number of hydrogen-bond acceptors (Lipinski definition) is 0. The van der Waals surface area contributed by atoms with Crippen molar-refractivity contribution >= 4 is 0 Å². The van der Waals surface area contributed by atoms with Gasteiger partial charge in [0.25, 0.3) is 0 Å². The molecule has 61 heavy (non-hydrogen) atoms. The third-order valence-electron chi connectivity index (χ3n) is 13.0. The fraction of sp³-hybridized carbons (Fsp3) is 0.0164. The third-order valence-corrected chi connectivity index (χ3v) is 13.0. The lowest BCUT2D eigenvalue weighted by atomic mass is 9.70. The molecule has 10 aromatic rings. The van der Waals surface area contributed by atoms with E-state index in [0.29, 0.717) is 0 Å². The molecule has 0 atom stereocenters. The van der Waals surface area contributed by atoms with E-state index < -0.39 is 5.41 Å². The van der Waals surface area contributed by atoms with Crippen molar-refractivity contribution in [1.82, 2.24) is 0 Å². The molecule has 0 amide bonds. The van der Waals surface area contributed by atoms with E-state index >= 15 is 0 Å². The first-order valence-electron chi connectivity index (χ1n) is 21.2. The van der Waals surface area contributed by atoms with Crippen LogP contribution in [0.2, 0.25) is 0 Å². The maximum atomic E-state index is 2.42. The molecule has 0 bridgehead atoms. The van der Waals surface area contributed by atoms with Crippen LogP contribution in [0, 0.1) is 0 Å². The molecule has 0 radical (unpaired) electrons. The van der Waals surface area contributed by atoms with Gasteiger partial charge in [-0.15, -0.1) is 0 Å². The second-order valence-electron chi connectivity index (χ2n) is 16.4. The molecule has 12 rings (SSSR count). The zero-order valence-corrected chi connectivity index (χ0v) is 33.6. The summed E-state index contributed by atoms with van der Waals surface area (Å²) in [7, 11) is 0. The molecule has 0 aliphatic heterocycles. The lowest BCUT2D eigenvalue weighted by molar-refractivity contribution is 0.794. The second kappa shape index (κ2) is 14.2. The third kappa shape index (κ3) is 5.60. The van der Waals surface area contributed by atoms with E-state index in [9.17, 15) is 0 Å². The van der Waals surface area contributed by atoms with Gasteiger partial charge < -0.3 is 0 Å². The number of fused-ring (bicyclic) bond motifs is 10. The average Bonchev–Trinajstić information content (AvgIpc) is 3.82. The van der Waals surface area contributed by atoms with Crippen molar-refractivity contribution in [2.24, 2.45) is 0 Å². The quantitative estimate of drug-likeness (QED) is 0.158. The molecule has 0 saturated carbocycles. The SMILES string of the molecule is c1ccc(-c2cc(-c3ccccc3)cc(-c3cccc(-c4cc(-c5ccccc5)cc(-c5cccc6c5-c5ccccc5C65c6ccccc6-c6ccccc65)c4)c3)c2)cc1. The van der Waals surface area contributed by atoms with E-state index in [4.69, 9.17) is 0 Å². The Hall–Kier alpha value is -7.80. The van der Waals surface area contributed by atoms with Gasteiger partial charge in [0.15, 0.2) is 0 Å². The van der Waals surface area contributed by atoms with Crippen molar-refractivity contribution in [2.75, 3.05) is 0 Å². The largest absolute Gasteiger partial charge is 0.0725 e. The smallest absolute Gasteiger partial charge is 0.0622 e. The molecular weight excluding hydrogens is 733 g/mol. The minimum absolute atomic E-state index is 0.393. The first-order chi connectivity index (χ1) is 30.2.